The first-order chi connectivity index (χ1) is 25.1. The number of nitrogens with one attached hydrogen (secondary N) is 6. The zero-order valence-electron chi connectivity index (χ0n) is 31.4. The Kier molecular flexibility index (Phi) is 16.5. The SMILES string of the molecule is Cc1cc2c3c(c1)CNCCN1CCNCCN(CCNCc4cc(C)cc(c4[O][Pb][O]3)CNCCN3CCNCCN(CCNC2)CC3)CC1. The van der Waals surface area contributed by atoms with Crippen LogP contribution in [0.2, 0.25) is 0 Å². The van der Waals surface area contributed by atoms with Crippen molar-refractivity contribution < 1.29 is 5.37 Å². The molecule has 12 nitrogen and oxygen atoms in total. The maximum absolute atomic E-state index is 6.89. The summed E-state index contributed by atoms with van der Waals surface area (Å²) < 4.78 is 13.8. The number of hydrogen-bond acceptors (Lipinski definition) is 12. The van der Waals surface area contributed by atoms with E-state index in [1.807, 2.05) is 0 Å². The molecule has 2 fully saturated rings. The number of aryl methyl sites for hydroxylation is 2. The van der Waals surface area contributed by atoms with Crippen LogP contribution in [0.5, 0.6) is 11.5 Å². The van der Waals surface area contributed by atoms with Crippen molar-refractivity contribution in [2.75, 3.05) is 131 Å². The second kappa shape index (κ2) is 21.5. The summed E-state index contributed by atoms with van der Waals surface area (Å²) in [6, 6.07) is 9.25. The van der Waals surface area contributed by atoms with E-state index >= 15 is 0 Å². The quantitative estimate of drug-likeness (QED) is 0.203. The van der Waals surface area contributed by atoms with Gasteiger partial charge in [-0.05, 0) is 0 Å². The monoisotopic (exact) mass is 900 g/mol. The molecule has 6 N–H and O–H groups in total. The van der Waals surface area contributed by atoms with Gasteiger partial charge in [0, 0.05) is 0 Å². The Labute approximate surface area is 320 Å². The summed E-state index contributed by atoms with van der Waals surface area (Å²) in [5.41, 5.74) is 7.51. The molecule has 51 heavy (non-hydrogen) atoms. The Balaban J connectivity index is 1.29. The second-order valence-electron chi connectivity index (χ2n) is 14.7. The minimum absolute atomic E-state index is 0.789. The average molecular weight is 900 g/mol. The molecule has 2 aromatic rings. The summed E-state index contributed by atoms with van der Waals surface area (Å²) in [5.74, 6) is 2.05. The molecule has 0 aromatic heterocycles. The number of rotatable bonds is 0. The Morgan fingerprint density at radius 3 is 0.922 bits per heavy atom. The van der Waals surface area contributed by atoms with E-state index in [1.54, 1.807) is 0 Å². The van der Waals surface area contributed by atoms with Crippen molar-refractivity contribution in [2.45, 2.75) is 40.0 Å². The molecule has 2 radical (unpaired) electrons. The van der Waals surface area contributed by atoms with Crippen LogP contribution in [0.1, 0.15) is 33.4 Å². The van der Waals surface area contributed by atoms with Crippen molar-refractivity contribution >= 4 is 25.1 Å². The van der Waals surface area contributed by atoms with Crippen molar-refractivity contribution in [3.05, 3.63) is 57.6 Å². The molecule has 0 amide bonds. The van der Waals surface area contributed by atoms with Gasteiger partial charge in [0.2, 0.25) is 0 Å². The molecule has 6 rings (SSSR count). The molecule has 2 saturated heterocycles. The predicted octanol–water partition coefficient (Wildman–Crippen LogP) is 0.0954. The van der Waals surface area contributed by atoms with Gasteiger partial charge in [-0.25, -0.2) is 0 Å². The summed E-state index contributed by atoms with van der Waals surface area (Å²) in [6.45, 7) is 28.5. The van der Waals surface area contributed by atoms with Crippen molar-refractivity contribution in [3.63, 3.8) is 0 Å². The third kappa shape index (κ3) is 12.8. The molecule has 0 spiro atoms. The zero-order chi connectivity index (χ0) is 35.1. The fourth-order valence-corrected chi connectivity index (χ4v) is 10.5. The molecule has 4 atom stereocenters. The summed E-state index contributed by atoms with van der Waals surface area (Å²) in [5, 5.41) is 22.5. The van der Waals surface area contributed by atoms with Gasteiger partial charge in [0.1, 0.15) is 0 Å². The van der Waals surface area contributed by atoms with Crippen molar-refractivity contribution in [3.8, 4) is 11.5 Å². The van der Waals surface area contributed by atoms with E-state index in [9.17, 15) is 0 Å². The molecular weight excluding hydrogens is 836 g/mol. The predicted molar refractivity (Wildman–Crippen MR) is 208 cm³/mol. The topological polar surface area (TPSA) is 104 Å². The van der Waals surface area contributed by atoms with Gasteiger partial charge in [0.05, 0.1) is 0 Å². The fourth-order valence-electron chi connectivity index (χ4n) is 7.70. The molecule has 4 aliphatic heterocycles. The molecule has 0 saturated carbocycles. The summed E-state index contributed by atoms with van der Waals surface area (Å²) in [7, 11) is 0. The van der Waals surface area contributed by atoms with Crippen molar-refractivity contribution in [2.24, 2.45) is 0 Å². The third-order valence-electron chi connectivity index (χ3n) is 10.6. The maximum atomic E-state index is 6.89. The molecule has 13 heteroatoms. The van der Waals surface area contributed by atoms with Crippen LogP contribution in [0.4, 0.5) is 0 Å². The Morgan fingerprint density at radius 2 is 0.647 bits per heavy atom. The average Bonchev–Trinajstić information content (AvgIpc) is 3.30. The minimum atomic E-state index is -2.03. The van der Waals surface area contributed by atoms with Crippen LogP contribution >= 0.6 is 0 Å². The van der Waals surface area contributed by atoms with E-state index in [0.29, 0.717) is 0 Å². The van der Waals surface area contributed by atoms with Gasteiger partial charge in [0.15, 0.2) is 0 Å². The molecule has 282 valence electrons. The normalized spacial score (nSPS) is 27.3. The summed E-state index contributed by atoms with van der Waals surface area (Å²) in [6.07, 6.45) is 0. The van der Waals surface area contributed by atoms with Crippen LogP contribution in [-0.2, 0) is 26.2 Å². The van der Waals surface area contributed by atoms with E-state index in [2.05, 4.69) is 89.6 Å². The number of benzene rings is 2. The van der Waals surface area contributed by atoms with E-state index in [0.717, 1.165) is 169 Å². The molecule has 4 heterocycles. The second-order valence-corrected chi connectivity index (χ2v) is 16.9. The van der Waals surface area contributed by atoms with E-state index in [-0.39, 0.29) is 0 Å². The first-order valence-corrected chi connectivity index (χ1v) is 22.8. The van der Waals surface area contributed by atoms with Crippen LogP contribution in [0.15, 0.2) is 24.3 Å². The summed E-state index contributed by atoms with van der Waals surface area (Å²) in [4.78, 5) is 10.5. The van der Waals surface area contributed by atoms with Gasteiger partial charge in [-0.3, -0.25) is 0 Å². The van der Waals surface area contributed by atoms with Crippen LogP contribution in [-0.4, -0.2) is 176 Å². The van der Waals surface area contributed by atoms with Crippen LogP contribution in [0, 0.1) is 13.8 Å². The molecule has 4 unspecified atom stereocenters. The Hall–Kier alpha value is -1.44. The standard InChI is InChI=1S/C38H66N10O2.Pb/c1-31-23-33-27-41-7-15-45-11-3-39-5-13-47(21-19-45)17-9-43-29-35-25-32(2)26-36(38(35)50)30-44-10-18-48-14-6-40-4-12-46(20-22-48)16-8-42-28-34(24-31)37(33)49;/h23-26,39-44,49-50H,3-22,27-30H2,1-2H3;/q;+2/p-2. The number of hydrogen-bond donors (Lipinski definition) is 6. The molecule has 4 aliphatic rings. The molecular formula is C38H64N10O2Pb. The number of fused-ring (bicyclic) bond motifs is 8. The van der Waals surface area contributed by atoms with Gasteiger partial charge < -0.3 is 0 Å². The van der Waals surface area contributed by atoms with E-state index in [1.165, 1.54) is 33.4 Å². The van der Waals surface area contributed by atoms with E-state index in [4.69, 9.17) is 5.37 Å². The Bertz CT molecular complexity index is 1170. The summed E-state index contributed by atoms with van der Waals surface area (Å²) >= 11 is -2.03. The van der Waals surface area contributed by atoms with Gasteiger partial charge in [-0.2, -0.15) is 0 Å². The third-order valence-corrected chi connectivity index (χ3v) is 12.9. The number of nitrogens with zero attached hydrogens (tertiary/aromatic N) is 4. The van der Waals surface area contributed by atoms with Crippen LogP contribution in [0.3, 0.4) is 0 Å². The zero-order valence-corrected chi connectivity index (χ0v) is 35.3. The first-order valence-electron chi connectivity index (χ1n) is 19.6. The van der Waals surface area contributed by atoms with Crippen molar-refractivity contribution in [1.29, 1.82) is 0 Å². The molecule has 2 aromatic carbocycles. The van der Waals surface area contributed by atoms with Gasteiger partial charge in [-0.15, -0.1) is 0 Å². The van der Waals surface area contributed by atoms with Crippen molar-refractivity contribution in [1.82, 2.24) is 51.5 Å². The van der Waals surface area contributed by atoms with Gasteiger partial charge in [-0.1, -0.05) is 0 Å². The van der Waals surface area contributed by atoms with Crippen LogP contribution < -0.4 is 37.3 Å². The molecule has 0 aliphatic carbocycles. The van der Waals surface area contributed by atoms with Gasteiger partial charge in [0.25, 0.3) is 0 Å². The molecule has 6 bridgehead atoms. The fraction of sp³-hybridized carbons (Fsp3) is 0.684. The van der Waals surface area contributed by atoms with E-state index < -0.39 is 25.1 Å². The Morgan fingerprint density at radius 1 is 0.392 bits per heavy atom. The van der Waals surface area contributed by atoms with Gasteiger partial charge >= 0.3 is 322 Å². The van der Waals surface area contributed by atoms with Crippen LogP contribution in [0.25, 0.3) is 0 Å². The first kappa shape index (κ1) is 39.3.